The van der Waals surface area contributed by atoms with Crippen molar-refractivity contribution in [3.63, 3.8) is 0 Å². The average molecular weight is 258 g/mol. The first-order chi connectivity index (χ1) is 6.36. The largest absolute Gasteiger partial charge is 0.351 e. The zero-order chi connectivity index (χ0) is 9.10. The second kappa shape index (κ2) is 3.93. The van der Waals surface area contributed by atoms with Gasteiger partial charge >= 0.3 is 0 Å². The summed E-state index contributed by atoms with van der Waals surface area (Å²) in [6.07, 6.45) is 3.53. The van der Waals surface area contributed by atoms with E-state index in [0.29, 0.717) is 0 Å². The first-order valence-corrected chi connectivity index (χ1v) is 5.48. The summed E-state index contributed by atoms with van der Waals surface area (Å²) in [6, 6.07) is 2.05. The number of nitrogens with one attached hydrogen (secondary N) is 2. The number of thiophene rings is 1. The number of hydrogen-bond acceptors (Lipinski definition) is 3. The monoisotopic (exact) mass is 257 g/mol. The second-order valence-corrected chi connectivity index (χ2v) is 4.34. The van der Waals surface area contributed by atoms with Crippen LogP contribution < -0.4 is 5.32 Å². The number of nitrogens with zero attached hydrogens (tertiary/aromatic N) is 1. The molecule has 0 bridgehead atoms. The molecule has 0 spiro atoms. The maximum absolute atomic E-state index is 4.07. The van der Waals surface area contributed by atoms with Crippen LogP contribution in [0.2, 0.25) is 0 Å². The molecule has 5 heteroatoms. The van der Waals surface area contributed by atoms with E-state index in [4.69, 9.17) is 0 Å². The van der Waals surface area contributed by atoms with Gasteiger partial charge in [0, 0.05) is 21.7 Å². The van der Waals surface area contributed by atoms with Crippen LogP contribution in [-0.2, 0) is 6.54 Å². The molecule has 2 N–H and O–H groups in total. The Labute approximate surface area is 88.3 Å². The van der Waals surface area contributed by atoms with Crippen molar-refractivity contribution in [1.82, 2.24) is 9.97 Å². The summed E-state index contributed by atoms with van der Waals surface area (Å²) in [7, 11) is 0. The van der Waals surface area contributed by atoms with E-state index in [1.807, 2.05) is 6.07 Å². The first-order valence-electron chi connectivity index (χ1n) is 3.81. The lowest BCUT2D eigenvalue weighted by molar-refractivity contribution is 1.11. The topological polar surface area (TPSA) is 40.7 Å². The summed E-state index contributed by atoms with van der Waals surface area (Å²) in [5.74, 6) is 0.806. The van der Waals surface area contributed by atoms with Crippen LogP contribution in [0.25, 0.3) is 0 Å². The molecular formula is C8H8BrN3S. The standard InChI is InChI=1S/C8H8BrN3S/c9-6-1-4-13-7(6)5-12-8-10-2-3-11-8/h1-4H,5H2,(H2,10,11,12). The van der Waals surface area contributed by atoms with Gasteiger partial charge in [-0.25, -0.2) is 4.98 Å². The highest BCUT2D eigenvalue weighted by Crippen LogP contribution is 2.22. The molecule has 0 radical (unpaired) electrons. The Morgan fingerprint density at radius 2 is 2.54 bits per heavy atom. The summed E-state index contributed by atoms with van der Waals surface area (Å²) >= 11 is 5.19. The third-order valence-corrected chi connectivity index (χ3v) is 3.53. The molecular weight excluding hydrogens is 250 g/mol. The zero-order valence-electron chi connectivity index (χ0n) is 6.75. The molecule has 13 heavy (non-hydrogen) atoms. The fourth-order valence-corrected chi connectivity index (χ4v) is 2.41. The quantitative estimate of drug-likeness (QED) is 0.888. The lowest BCUT2D eigenvalue weighted by Gasteiger charge is -2.00. The van der Waals surface area contributed by atoms with E-state index >= 15 is 0 Å². The molecule has 0 aliphatic carbocycles. The van der Waals surface area contributed by atoms with Gasteiger partial charge in [-0.2, -0.15) is 0 Å². The average Bonchev–Trinajstić information content (AvgIpc) is 2.72. The highest BCUT2D eigenvalue weighted by molar-refractivity contribution is 9.10. The molecule has 0 saturated heterocycles. The molecule has 0 aliphatic heterocycles. The molecule has 2 rings (SSSR count). The van der Waals surface area contributed by atoms with E-state index in [1.54, 1.807) is 23.7 Å². The van der Waals surface area contributed by atoms with Crippen LogP contribution in [0.15, 0.2) is 28.3 Å². The van der Waals surface area contributed by atoms with Crippen LogP contribution >= 0.6 is 27.3 Å². The maximum Gasteiger partial charge on any atom is 0.200 e. The molecule has 2 aromatic heterocycles. The summed E-state index contributed by atoms with van der Waals surface area (Å²) in [4.78, 5) is 8.33. The van der Waals surface area contributed by atoms with Crippen LogP contribution in [0.4, 0.5) is 5.95 Å². The highest BCUT2D eigenvalue weighted by atomic mass is 79.9. The van der Waals surface area contributed by atoms with Crippen molar-refractivity contribution in [1.29, 1.82) is 0 Å². The van der Waals surface area contributed by atoms with E-state index < -0.39 is 0 Å². The van der Waals surface area contributed by atoms with Crippen molar-refractivity contribution in [3.8, 4) is 0 Å². The summed E-state index contributed by atoms with van der Waals surface area (Å²) in [6.45, 7) is 0.797. The SMILES string of the molecule is Brc1ccsc1CNc1ncc[nH]1. The van der Waals surface area contributed by atoms with Gasteiger partial charge in [0.2, 0.25) is 0 Å². The molecule has 0 atom stereocenters. The number of H-pyrrole nitrogens is 1. The van der Waals surface area contributed by atoms with Gasteiger partial charge in [0.1, 0.15) is 0 Å². The molecule has 68 valence electrons. The van der Waals surface area contributed by atoms with Gasteiger partial charge in [-0.1, -0.05) is 0 Å². The molecule has 2 heterocycles. The van der Waals surface area contributed by atoms with Gasteiger partial charge in [0.05, 0.1) is 6.54 Å². The Morgan fingerprint density at radius 1 is 1.62 bits per heavy atom. The Kier molecular flexibility index (Phi) is 2.65. The number of halogens is 1. The minimum absolute atomic E-state index is 0.797. The number of imidazole rings is 1. The second-order valence-electron chi connectivity index (χ2n) is 2.48. The minimum Gasteiger partial charge on any atom is -0.351 e. The van der Waals surface area contributed by atoms with Crippen molar-refractivity contribution < 1.29 is 0 Å². The van der Waals surface area contributed by atoms with Crippen LogP contribution in [0.3, 0.4) is 0 Å². The Morgan fingerprint density at radius 3 is 3.15 bits per heavy atom. The third kappa shape index (κ3) is 2.10. The molecule has 2 aromatic rings. The van der Waals surface area contributed by atoms with Crippen LogP contribution in [-0.4, -0.2) is 9.97 Å². The third-order valence-electron chi connectivity index (χ3n) is 1.61. The van der Waals surface area contributed by atoms with Crippen LogP contribution in [0.1, 0.15) is 4.88 Å². The number of hydrogen-bond donors (Lipinski definition) is 2. The minimum atomic E-state index is 0.797. The Hall–Kier alpha value is -0.810. The van der Waals surface area contributed by atoms with E-state index in [2.05, 4.69) is 36.6 Å². The lowest BCUT2D eigenvalue weighted by Crippen LogP contribution is -1.99. The predicted octanol–water partition coefficient (Wildman–Crippen LogP) is 2.85. The zero-order valence-corrected chi connectivity index (χ0v) is 9.15. The van der Waals surface area contributed by atoms with Crippen molar-refractivity contribution in [3.05, 3.63) is 33.2 Å². The van der Waals surface area contributed by atoms with Gasteiger partial charge in [0.25, 0.3) is 0 Å². The molecule has 0 saturated carbocycles. The molecule has 0 amide bonds. The van der Waals surface area contributed by atoms with Gasteiger partial charge in [-0.3, -0.25) is 0 Å². The van der Waals surface area contributed by atoms with E-state index in [0.717, 1.165) is 17.0 Å². The molecule has 3 nitrogen and oxygen atoms in total. The summed E-state index contributed by atoms with van der Waals surface area (Å²) in [5.41, 5.74) is 0. The fourth-order valence-electron chi connectivity index (χ4n) is 0.977. The van der Waals surface area contributed by atoms with E-state index in [-0.39, 0.29) is 0 Å². The lowest BCUT2D eigenvalue weighted by atomic mass is 10.5. The molecule has 0 unspecified atom stereocenters. The van der Waals surface area contributed by atoms with Gasteiger partial charge in [0.15, 0.2) is 5.95 Å². The molecule has 0 aromatic carbocycles. The van der Waals surface area contributed by atoms with Gasteiger partial charge in [-0.15, -0.1) is 11.3 Å². The van der Waals surface area contributed by atoms with Gasteiger partial charge < -0.3 is 10.3 Å². The first kappa shape index (κ1) is 8.77. The predicted molar refractivity (Wildman–Crippen MR) is 57.9 cm³/mol. The van der Waals surface area contributed by atoms with Crippen molar-refractivity contribution >= 4 is 33.2 Å². The Bertz CT molecular complexity index is 368. The number of anilines is 1. The highest BCUT2D eigenvalue weighted by Gasteiger charge is 2.00. The number of rotatable bonds is 3. The molecule has 0 aliphatic rings. The Balaban J connectivity index is 1.97. The molecule has 0 fully saturated rings. The number of aromatic nitrogens is 2. The number of aromatic amines is 1. The smallest absolute Gasteiger partial charge is 0.200 e. The van der Waals surface area contributed by atoms with Crippen LogP contribution in [0.5, 0.6) is 0 Å². The van der Waals surface area contributed by atoms with Crippen LogP contribution in [0, 0.1) is 0 Å². The normalized spacial score (nSPS) is 10.2. The maximum atomic E-state index is 4.07. The fraction of sp³-hybridized carbons (Fsp3) is 0.125. The van der Waals surface area contributed by atoms with Crippen molar-refractivity contribution in [2.45, 2.75) is 6.54 Å². The van der Waals surface area contributed by atoms with Gasteiger partial charge in [-0.05, 0) is 27.4 Å². The summed E-state index contributed by atoms with van der Waals surface area (Å²) < 4.78 is 1.15. The van der Waals surface area contributed by atoms with E-state index in [1.165, 1.54) is 4.88 Å². The van der Waals surface area contributed by atoms with Crippen molar-refractivity contribution in [2.24, 2.45) is 0 Å². The summed E-state index contributed by atoms with van der Waals surface area (Å²) in [5, 5.41) is 5.24. The van der Waals surface area contributed by atoms with E-state index in [9.17, 15) is 0 Å². The van der Waals surface area contributed by atoms with Crippen molar-refractivity contribution in [2.75, 3.05) is 5.32 Å².